The number of hydrogen-bond donors (Lipinski definition) is 1. The summed E-state index contributed by atoms with van der Waals surface area (Å²) in [6.07, 6.45) is 3.03. The molecular formula is C16H22N2OS. The minimum atomic E-state index is 0.383. The molecule has 0 aliphatic rings. The fraction of sp³-hybridized carbons (Fsp3) is 0.438. The summed E-state index contributed by atoms with van der Waals surface area (Å²) in [5.74, 6) is 0.905. The van der Waals surface area contributed by atoms with Crippen molar-refractivity contribution in [3.05, 3.63) is 45.9 Å². The molecule has 108 valence electrons. The number of ether oxygens (including phenoxy) is 1. The van der Waals surface area contributed by atoms with Crippen LogP contribution in [-0.2, 0) is 6.61 Å². The second kappa shape index (κ2) is 7.41. The van der Waals surface area contributed by atoms with Gasteiger partial charge in [-0.25, -0.2) is 4.98 Å². The van der Waals surface area contributed by atoms with E-state index in [1.807, 2.05) is 25.3 Å². The van der Waals surface area contributed by atoms with Crippen molar-refractivity contribution < 1.29 is 4.74 Å². The molecule has 0 spiro atoms. The van der Waals surface area contributed by atoms with E-state index in [-0.39, 0.29) is 0 Å². The van der Waals surface area contributed by atoms with Crippen LogP contribution in [0.5, 0.6) is 5.75 Å². The number of rotatable bonds is 7. The molecule has 0 radical (unpaired) electrons. The third-order valence-corrected chi connectivity index (χ3v) is 4.02. The number of benzene rings is 1. The highest BCUT2D eigenvalue weighted by molar-refractivity contribution is 7.11. The van der Waals surface area contributed by atoms with Crippen LogP contribution >= 0.6 is 11.3 Å². The Labute approximate surface area is 125 Å². The lowest BCUT2D eigenvalue weighted by Crippen LogP contribution is -2.19. The van der Waals surface area contributed by atoms with Gasteiger partial charge in [0.2, 0.25) is 0 Å². The third-order valence-electron chi connectivity index (χ3n) is 3.13. The van der Waals surface area contributed by atoms with Gasteiger partial charge in [0.25, 0.3) is 0 Å². The van der Waals surface area contributed by atoms with E-state index in [0.717, 1.165) is 28.6 Å². The van der Waals surface area contributed by atoms with Crippen molar-refractivity contribution in [3.63, 3.8) is 0 Å². The Kier molecular flexibility index (Phi) is 5.56. The Balaban J connectivity index is 1.87. The van der Waals surface area contributed by atoms with Crippen LogP contribution in [0.2, 0.25) is 0 Å². The van der Waals surface area contributed by atoms with Crippen LogP contribution in [0.25, 0.3) is 0 Å². The number of nitrogens with zero attached hydrogens (tertiary/aromatic N) is 1. The predicted octanol–water partition coefficient (Wildman–Crippen LogP) is 4.09. The van der Waals surface area contributed by atoms with Gasteiger partial charge in [0.05, 0.1) is 9.88 Å². The summed E-state index contributed by atoms with van der Waals surface area (Å²) in [6.45, 7) is 8.01. The maximum absolute atomic E-state index is 5.77. The van der Waals surface area contributed by atoms with Crippen LogP contribution in [0.4, 0.5) is 0 Å². The van der Waals surface area contributed by atoms with Gasteiger partial charge >= 0.3 is 0 Å². The van der Waals surface area contributed by atoms with Gasteiger partial charge in [-0.2, -0.15) is 0 Å². The zero-order valence-corrected chi connectivity index (χ0v) is 13.2. The molecule has 0 saturated carbocycles. The highest BCUT2D eigenvalue weighted by Gasteiger charge is 2.04. The number of aromatic nitrogens is 1. The minimum absolute atomic E-state index is 0.383. The van der Waals surface area contributed by atoms with E-state index in [1.165, 1.54) is 5.56 Å². The van der Waals surface area contributed by atoms with Crippen LogP contribution < -0.4 is 10.1 Å². The zero-order chi connectivity index (χ0) is 14.4. The zero-order valence-electron chi connectivity index (χ0n) is 12.3. The first-order valence-corrected chi connectivity index (χ1v) is 7.88. The molecule has 0 aliphatic carbocycles. The summed E-state index contributed by atoms with van der Waals surface area (Å²) in [5, 5.41) is 4.56. The topological polar surface area (TPSA) is 34.1 Å². The minimum Gasteiger partial charge on any atom is -0.488 e. The maximum atomic E-state index is 5.77. The lowest BCUT2D eigenvalue weighted by molar-refractivity contribution is 0.309. The molecule has 2 rings (SSSR count). The number of thiazole rings is 1. The molecule has 3 nitrogen and oxygen atoms in total. The fourth-order valence-electron chi connectivity index (χ4n) is 1.96. The van der Waals surface area contributed by atoms with Crippen molar-refractivity contribution in [1.82, 2.24) is 10.3 Å². The highest BCUT2D eigenvalue weighted by Crippen LogP contribution is 2.20. The summed E-state index contributed by atoms with van der Waals surface area (Å²) in [4.78, 5) is 5.38. The van der Waals surface area contributed by atoms with E-state index in [0.29, 0.717) is 12.6 Å². The number of hydrogen-bond acceptors (Lipinski definition) is 4. The van der Waals surface area contributed by atoms with Gasteiger partial charge in [-0.3, -0.25) is 0 Å². The first-order valence-electron chi connectivity index (χ1n) is 7.06. The van der Waals surface area contributed by atoms with Gasteiger partial charge in [0, 0.05) is 12.2 Å². The lowest BCUT2D eigenvalue weighted by Gasteiger charge is -2.14. The first-order chi connectivity index (χ1) is 9.69. The van der Waals surface area contributed by atoms with Gasteiger partial charge in [-0.1, -0.05) is 19.1 Å². The fourth-order valence-corrected chi connectivity index (χ4v) is 2.67. The lowest BCUT2D eigenvalue weighted by atomic mass is 10.1. The van der Waals surface area contributed by atoms with Crippen molar-refractivity contribution in [2.24, 2.45) is 0 Å². The quantitative estimate of drug-likeness (QED) is 0.834. The number of aryl methyl sites for hydroxylation is 1. The highest BCUT2D eigenvalue weighted by atomic mass is 32.1. The second-order valence-electron chi connectivity index (χ2n) is 4.88. The average molecular weight is 290 g/mol. The molecule has 1 atom stereocenters. The monoisotopic (exact) mass is 290 g/mol. The molecule has 1 unspecified atom stereocenters. The van der Waals surface area contributed by atoms with E-state index >= 15 is 0 Å². The average Bonchev–Trinajstić information content (AvgIpc) is 2.89. The molecule has 20 heavy (non-hydrogen) atoms. The smallest absolute Gasteiger partial charge is 0.124 e. The molecule has 2 aromatic rings. The number of nitrogens with one attached hydrogen (secondary N) is 1. The molecule has 0 bridgehead atoms. The second-order valence-corrected chi connectivity index (χ2v) is 6.20. The van der Waals surface area contributed by atoms with Crippen molar-refractivity contribution in [1.29, 1.82) is 0 Å². The third kappa shape index (κ3) is 4.32. The largest absolute Gasteiger partial charge is 0.488 e. The molecule has 0 amide bonds. The van der Waals surface area contributed by atoms with Gasteiger partial charge in [0.1, 0.15) is 12.4 Å². The maximum Gasteiger partial charge on any atom is 0.124 e. The van der Waals surface area contributed by atoms with E-state index in [2.05, 4.69) is 36.3 Å². The Hall–Kier alpha value is -1.39. The van der Waals surface area contributed by atoms with E-state index in [9.17, 15) is 0 Å². The molecule has 1 N–H and O–H groups in total. The van der Waals surface area contributed by atoms with Crippen LogP contribution in [0, 0.1) is 6.92 Å². The Morgan fingerprint density at radius 1 is 1.30 bits per heavy atom. The molecule has 0 saturated heterocycles. The summed E-state index contributed by atoms with van der Waals surface area (Å²) < 4.78 is 5.77. The summed E-state index contributed by atoms with van der Waals surface area (Å²) in [5.41, 5.74) is 1.29. The Morgan fingerprint density at radius 3 is 2.65 bits per heavy atom. The molecule has 1 aromatic carbocycles. The SMILES string of the molecule is CCCNC(C)c1ccc(OCc2cnc(C)s2)cc1. The first kappa shape index (κ1) is 15.0. The van der Waals surface area contributed by atoms with Crippen molar-refractivity contribution in [3.8, 4) is 5.75 Å². The molecule has 4 heteroatoms. The van der Waals surface area contributed by atoms with Crippen LogP contribution in [0.3, 0.4) is 0 Å². The van der Waals surface area contributed by atoms with Crippen molar-refractivity contribution in [2.75, 3.05) is 6.54 Å². The Bertz CT molecular complexity index is 522. The standard InChI is InChI=1S/C16H22N2OS/c1-4-9-17-12(2)14-5-7-15(8-6-14)19-11-16-10-18-13(3)20-16/h5-8,10,12,17H,4,9,11H2,1-3H3. The van der Waals surface area contributed by atoms with Gasteiger partial charge in [-0.05, 0) is 44.5 Å². The van der Waals surface area contributed by atoms with Gasteiger partial charge < -0.3 is 10.1 Å². The molecular weight excluding hydrogens is 268 g/mol. The van der Waals surface area contributed by atoms with Crippen molar-refractivity contribution in [2.45, 2.75) is 39.8 Å². The van der Waals surface area contributed by atoms with E-state index in [1.54, 1.807) is 11.3 Å². The summed E-state index contributed by atoms with van der Waals surface area (Å²) in [7, 11) is 0. The molecule has 0 aliphatic heterocycles. The summed E-state index contributed by atoms with van der Waals surface area (Å²) in [6, 6.07) is 8.70. The predicted molar refractivity (Wildman–Crippen MR) is 84.3 cm³/mol. The van der Waals surface area contributed by atoms with Gasteiger partial charge in [0.15, 0.2) is 0 Å². The summed E-state index contributed by atoms with van der Waals surface area (Å²) >= 11 is 1.68. The Morgan fingerprint density at radius 2 is 2.05 bits per heavy atom. The van der Waals surface area contributed by atoms with E-state index in [4.69, 9.17) is 4.74 Å². The van der Waals surface area contributed by atoms with Crippen LogP contribution in [0.1, 0.15) is 41.8 Å². The normalized spacial score (nSPS) is 12.3. The molecule has 1 aromatic heterocycles. The van der Waals surface area contributed by atoms with Crippen molar-refractivity contribution >= 4 is 11.3 Å². The van der Waals surface area contributed by atoms with Crippen LogP contribution in [-0.4, -0.2) is 11.5 Å². The van der Waals surface area contributed by atoms with Crippen LogP contribution in [0.15, 0.2) is 30.5 Å². The van der Waals surface area contributed by atoms with E-state index < -0.39 is 0 Å². The molecule has 1 heterocycles. The van der Waals surface area contributed by atoms with Gasteiger partial charge in [-0.15, -0.1) is 11.3 Å². The molecule has 0 fully saturated rings.